The third-order valence-corrected chi connectivity index (χ3v) is 4.18. The third-order valence-electron chi connectivity index (χ3n) is 4.18. The first kappa shape index (κ1) is 13.2. The van der Waals surface area contributed by atoms with Gasteiger partial charge >= 0.3 is 0 Å². The van der Waals surface area contributed by atoms with Gasteiger partial charge < -0.3 is 10.5 Å². The quantitative estimate of drug-likeness (QED) is 0.924. The van der Waals surface area contributed by atoms with E-state index < -0.39 is 0 Å². The molecule has 0 fully saturated rings. The van der Waals surface area contributed by atoms with Gasteiger partial charge in [0.05, 0.1) is 12.1 Å². The highest BCUT2D eigenvalue weighted by molar-refractivity contribution is 5.42. The monoisotopic (exact) mass is 267 g/mol. The average Bonchev–Trinajstić information content (AvgIpc) is 2.48. The number of hydrogen-bond donors (Lipinski definition) is 1. The van der Waals surface area contributed by atoms with Crippen molar-refractivity contribution < 1.29 is 4.74 Å². The summed E-state index contributed by atoms with van der Waals surface area (Å²) in [5.74, 6) is 0.937. The lowest BCUT2D eigenvalue weighted by Crippen LogP contribution is -2.43. The highest BCUT2D eigenvalue weighted by atomic mass is 16.5. The second kappa shape index (κ2) is 5.29. The van der Waals surface area contributed by atoms with E-state index in [1.54, 1.807) is 0 Å². The summed E-state index contributed by atoms with van der Waals surface area (Å²) in [6.45, 7) is 2.87. The van der Waals surface area contributed by atoms with E-state index in [-0.39, 0.29) is 5.54 Å². The van der Waals surface area contributed by atoms with Crippen LogP contribution in [0.1, 0.15) is 30.0 Å². The zero-order valence-electron chi connectivity index (χ0n) is 11.9. The number of ether oxygens (including phenoxy) is 1. The van der Waals surface area contributed by atoms with Gasteiger partial charge in [-0.3, -0.25) is 0 Å². The van der Waals surface area contributed by atoms with Crippen molar-refractivity contribution in [3.63, 3.8) is 0 Å². The fourth-order valence-corrected chi connectivity index (χ4v) is 2.92. The van der Waals surface area contributed by atoms with Crippen LogP contribution in [0, 0.1) is 0 Å². The van der Waals surface area contributed by atoms with Crippen molar-refractivity contribution in [2.24, 2.45) is 5.73 Å². The minimum Gasteiger partial charge on any atom is -0.493 e. The fourth-order valence-electron chi connectivity index (χ4n) is 2.92. The molecule has 0 amide bonds. The van der Waals surface area contributed by atoms with Gasteiger partial charge in [-0.2, -0.15) is 0 Å². The number of rotatable bonds is 3. The number of para-hydroxylation sites is 1. The van der Waals surface area contributed by atoms with E-state index in [9.17, 15) is 0 Å². The SMILES string of the molecule is CCc1ccc(CC2(N)CCOc3ccccc32)cc1. The molecule has 0 spiro atoms. The Hall–Kier alpha value is -1.80. The van der Waals surface area contributed by atoms with E-state index in [4.69, 9.17) is 10.5 Å². The Bertz CT molecular complexity index is 591. The molecule has 0 radical (unpaired) electrons. The summed E-state index contributed by atoms with van der Waals surface area (Å²) in [7, 11) is 0. The van der Waals surface area contributed by atoms with Crippen LogP contribution in [0.3, 0.4) is 0 Å². The fraction of sp³-hybridized carbons (Fsp3) is 0.333. The Morgan fingerprint density at radius 3 is 2.50 bits per heavy atom. The van der Waals surface area contributed by atoms with Gasteiger partial charge in [0.1, 0.15) is 5.75 Å². The molecule has 0 bridgehead atoms. The van der Waals surface area contributed by atoms with Crippen LogP contribution in [0.25, 0.3) is 0 Å². The molecule has 2 nitrogen and oxygen atoms in total. The summed E-state index contributed by atoms with van der Waals surface area (Å²) >= 11 is 0. The van der Waals surface area contributed by atoms with Crippen LogP contribution in [-0.2, 0) is 18.4 Å². The van der Waals surface area contributed by atoms with E-state index in [0.29, 0.717) is 6.61 Å². The average molecular weight is 267 g/mol. The van der Waals surface area contributed by atoms with Crippen LogP contribution in [0.4, 0.5) is 0 Å². The van der Waals surface area contributed by atoms with Crippen LogP contribution < -0.4 is 10.5 Å². The van der Waals surface area contributed by atoms with Gasteiger partial charge in [-0.25, -0.2) is 0 Å². The number of fused-ring (bicyclic) bond motifs is 1. The highest BCUT2D eigenvalue weighted by Crippen LogP contribution is 2.37. The summed E-state index contributed by atoms with van der Waals surface area (Å²) < 4.78 is 5.71. The van der Waals surface area contributed by atoms with Crippen molar-refractivity contribution in [3.05, 3.63) is 65.2 Å². The Kier molecular flexibility index (Phi) is 3.49. The van der Waals surface area contributed by atoms with Crippen LogP contribution >= 0.6 is 0 Å². The predicted molar refractivity (Wildman–Crippen MR) is 81.9 cm³/mol. The summed E-state index contributed by atoms with van der Waals surface area (Å²) in [5.41, 5.74) is 10.2. The number of nitrogens with two attached hydrogens (primary N) is 1. The standard InChI is InChI=1S/C18H21NO/c1-2-14-7-9-15(10-8-14)13-18(19)11-12-20-17-6-4-3-5-16(17)18/h3-10H,2,11-13,19H2,1H3. The number of hydrogen-bond acceptors (Lipinski definition) is 2. The van der Waals surface area contributed by atoms with Crippen molar-refractivity contribution in [3.8, 4) is 5.75 Å². The van der Waals surface area contributed by atoms with Crippen molar-refractivity contribution in [1.82, 2.24) is 0 Å². The van der Waals surface area contributed by atoms with E-state index in [1.165, 1.54) is 11.1 Å². The lowest BCUT2D eigenvalue weighted by Gasteiger charge is -2.35. The first-order valence-electron chi connectivity index (χ1n) is 7.30. The first-order chi connectivity index (χ1) is 9.71. The smallest absolute Gasteiger partial charge is 0.124 e. The molecule has 1 heterocycles. The zero-order chi connectivity index (χ0) is 14.0. The molecular weight excluding hydrogens is 246 g/mol. The minimum atomic E-state index is -0.317. The molecule has 2 heteroatoms. The zero-order valence-corrected chi connectivity index (χ0v) is 11.9. The van der Waals surface area contributed by atoms with Crippen molar-refractivity contribution in [2.45, 2.75) is 31.7 Å². The highest BCUT2D eigenvalue weighted by Gasteiger charge is 2.33. The molecule has 1 aliphatic rings. The second-order valence-corrected chi connectivity index (χ2v) is 5.60. The molecule has 0 saturated carbocycles. The molecule has 2 aromatic carbocycles. The van der Waals surface area contributed by atoms with E-state index in [1.807, 2.05) is 18.2 Å². The Labute approximate surface area is 120 Å². The molecule has 0 saturated heterocycles. The van der Waals surface area contributed by atoms with Gasteiger partial charge in [0.2, 0.25) is 0 Å². The number of benzene rings is 2. The summed E-state index contributed by atoms with van der Waals surface area (Å²) in [5, 5.41) is 0. The number of aryl methyl sites for hydroxylation is 1. The largest absolute Gasteiger partial charge is 0.493 e. The molecule has 3 rings (SSSR count). The Morgan fingerprint density at radius 1 is 1.05 bits per heavy atom. The van der Waals surface area contributed by atoms with Crippen LogP contribution in [0.2, 0.25) is 0 Å². The molecule has 1 aliphatic heterocycles. The van der Waals surface area contributed by atoms with Gasteiger partial charge in [0, 0.05) is 12.0 Å². The minimum absolute atomic E-state index is 0.317. The molecule has 1 unspecified atom stereocenters. The topological polar surface area (TPSA) is 35.2 Å². The third kappa shape index (κ3) is 2.44. The van der Waals surface area contributed by atoms with Crippen LogP contribution in [0.15, 0.2) is 48.5 Å². The Morgan fingerprint density at radius 2 is 1.75 bits per heavy atom. The summed E-state index contributed by atoms with van der Waals surface area (Å²) in [6, 6.07) is 16.9. The summed E-state index contributed by atoms with van der Waals surface area (Å²) in [6.07, 6.45) is 2.79. The van der Waals surface area contributed by atoms with Gasteiger partial charge in [-0.15, -0.1) is 0 Å². The second-order valence-electron chi connectivity index (χ2n) is 5.60. The first-order valence-corrected chi connectivity index (χ1v) is 7.30. The van der Waals surface area contributed by atoms with Crippen molar-refractivity contribution in [2.75, 3.05) is 6.61 Å². The van der Waals surface area contributed by atoms with E-state index in [0.717, 1.165) is 30.6 Å². The van der Waals surface area contributed by atoms with Crippen molar-refractivity contribution in [1.29, 1.82) is 0 Å². The summed E-state index contributed by atoms with van der Waals surface area (Å²) in [4.78, 5) is 0. The molecule has 0 aromatic heterocycles. The molecule has 1 atom stereocenters. The van der Waals surface area contributed by atoms with Gasteiger partial charge in [0.15, 0.2) is 0 Å². The maximum Gasteiger partial charge on any atom is 0.124 e. The Balaban J connectivity index is 1.89. The molecular formula is C18H21NO. The molecule has 2 N–H and O–H groups in total. The molecule has 2 aromatic rings. The van der Waals surface area contributed by atoms with Gasteiger partial charge in [0.25, 0.3) is 0 Å². The molecule has 0 aliphatic carbocycles. The predicted octanol–water partition coefficient (Wildman–Crippen LogP) is 3.43. The molecule has 104 valence electrons. The van der Waals surface area contributed by atoms with E-state index in [2.05, 4.69) is 37.3 Å². The van der Waals surface area contributed by atoms with Gasteiger partial charge in [-0.05, 0) is 30.0 Å². The van der Waals surface area contributed by atoms with Crippen LogP contribution in [-0.4, -0.2) is 6.61 Å². The van der Waals surface area contributed by atoms with Crippen molar-refractivity contribution >= 4 is 0 Å². The van der Waals surface area contributed by atoms with Gasteiger partial charge in [-0.1, -0.05) is 49.4 Å². The lowest BCUT2D eigenvalue weighted by atomic mass is 9.80. The maximum atomic E-state index is 6.69. The van der Waals surface area contributed by atoms with E-state index >= 15 is 0 Å². The maximum absolute atomic E-state index is 6.69. The van der Waals surface area contributed by atoms with Crippen LogP contribution in [0.5, 0.6) is 5.75 Å². The molecule has 20 heavy (non-hydrogen) atoms. The normalized spacial score (nSPS) is 21.1. The lowest BCUT2D eigenvalue weighted by molar-refractivity contribution is 0.215.